The van der Waals surface area contributed by atoms with E-state index in [1.807, 2.05) is 11.8 Å². The smallest absolute Gasteiger partial charge is 0.285 e. The summed E-state index contributed by atoms with van der Waals surface area (Å²) >= 11 is 0. The number of halogens is 2. The van der Waals surface area contributed by atoms with Crippen LogP contribution >= 0.6 is 0 Å². The van der Waals surface area contributed by atoms with Crippen LogP contribution in [0.4, 0.5) is 8.78 Å². The van der Waals surface area contributed by atoms with Crippen molar-refractivity contribution in [2.45, 2.75) is 50.5 Å². The van der Waals surface area contributed by atoms with Crippen molar-refractivity contribution in [3.8, 4) is 0 Å². The summed E-state index contributed by atoms with van der Waals surface area (Å²) in [5, 5.41) is 0. The molecule has 1 aromatic carbocycles. The molecule has 0 spiro atoms. The molecular weight excluding hydrogens is 270 g/mol. The van der Waals surface area contributed by atoms with E-state index in [2.05, 4.69) is 0 Å². The van der Waals surface area contributed by atoms with Gasteiger partial charge in [-0.3, -0.25) is 4.90 Å². The van der Waals surface area contributed by atoms with Crippen LogP contribution in [0.25, 0.3) is 0 Å². The number of alkyl halides is 2. The van der Waals surface area contributed by atoms with Crippen LogP contribution in [0.1, 0.15) is 44.6 Å². The molecule has 0 aliphatic heterocycles. The molecule has 2 N–H and O–H groups in total. The van der Waals surface area contributed by atoms with Crippen LogP contribution in [0.2, 0.25) is 0 Å². The number of benzene rings is 1. The minimum absolute atomic E-state index is 0.0938. The number of hydrogen-bond donors (Lipinski definition) is 1. The van der Waals surface area contributed by atoms with Crippen molar-refractivity contribution in [1.29, 1.82) is 0 Å². The molecule has 2 nitrogen and oxygen atoms in total. The molecule has 1 fully saturated rings. The van der Waals surface area contributed by atoms with E-state index in [4.69, 9.17) is 5.73 Å². The maximum absolute atomic E-state index is 14.6. The van der Waals surface area contributed by atoms with Crippen molar-refractivity contribution in [3.63, 3.8) is 0 Å². The van der Waals surface area contributed by atoms with Crippen LogP contribution in [0, 0.1) is 0 Å². The molecule has 1 aliphatic carbocycles. The minimum Gasteiger partial charge on any atom is -0.329 e. The van der Waals surface area contributed by atoms with Crippen LogP contribution in [0.5, 0.6) is 0 Å². The van der Waals surface area contributed by atoms with E-state index in [9.17, 15) is 8.78 Å². The first-order valence-electron chi connectivity index (χ1n) is 7.92. The normalized spacial score (nSPS) is 18.3. The first kappa shape index (κ1) is 16.4. The van der Waals surface area contributed by atoms with Crippen molar-refractivity contribution in [2.75, 3.05) is 19.6 Å². The van der Waals surface area contributed by atoms with E-state index >= 15 is 0 Å². The lowest BCUT2D eigenvalue weighted by Gasteiger charge is -2.42. The number of rotatable bonds is 7. The van der Waals surface area contributed by atoms with Gasteiger partial charge in [0, 0.05) is 17.6 Å². The van der Waals surface area contributed by atoms with Gasteiger partial charge in [0.2, 0.25) is 0 Å². The second kappa shape index (κ2) is 6.84. The molecule has 0 radical (unpaired) electrons. The first-order valence-corrected chi connectivity index (χ1v) is 7.92. The molecule has 4 heteroatoms. The Morgan fingerprint density at radius 3 is 2.33 bits per heavy atom. The van der Waals surface area contributed by atoms with Crippen molar-refractivity contribution in [3.05, 3.63) is 35.9 Å². The molecule has 1 aliphatic rings. The molecule has 0 unspecified atom stereocenters. The summed E-state index contributed by atoms with van der Waals surface area (Å²) in [6.45, 7) is 2.95. The van der Waals surface area contributed by atoms with E-state index in [1.165, 1.54) is 12.1 Å². The second-order valence-electron chi connectivity index (χ2n) is 6.13. The molecule has 0 saturated heterocycles. The summed E-state index contributed by atoms with van der Waals surface area (Å²) in [6.07, 6.45) is 4.93. The van der Waals surface area contributed by atoms with Crippen molar-refractivity contribution >= 4 is 0 Å². The standard InChI is InChI=1S/C17H26F2N2/c1-2-12-21(16(13-20)10-6-7-11-16)14-17(18,19)15-8-4-3-5-9-15/h3-5,8-9H,2,6-7,10-14,20H2,1H3. The molecule has 0 amide bonds. The minimum atomic E-state index is -2.83. The second-order valence-corrected chi connectivity index (χ2v) is 6.13. The van der Waals surface area contributed by atoms with Gasteiger partial charge < -0.3 is 5.73 Å². The largest absolute Gasteiger partial charge is 0.329 e. The quantitative estimate of drug-likeness (QED) is 0.830. The lowest BCUT2D eigenvalue weighted by molar-refractivity contribution is -0.0660. The average molecular weight is 296 g/mol. The predicted molar refractivity (Wildman–Crippen MR) is 82.5 cm³/mol. The highest BCUT2D eigenvalue weighted by Crippen LogP contribution is 2.38. The van der Waals surface area contributed by atoms with Crippen LogP contribution in [-0.2, 0) is 5.92 Å². The highest BCUT2D eigenvalue weighted by molar-refractivity contribution is 5.20. The fourth-order valence-corrected chi connectivity index (χ4v) is 3.45. The van der Waals surface area contributed by atoms with Gasteiger partial charge in [0.15, 0.2) is 0 Å². The fraction of sp³-hybridized carbons (Fsp3) is 0.647. The summed E-state index contributed by atoms with van der Waals surface area (Å²) in [5.41, 5.74) is 5.84. The van der Waals surface area contributed by atoms with E-state index < -0.39 is 5.92 Å². The molecule has 0 atom stereocenters. The highest BCUT2D eigenvalue weighted by atomic mass is 19.3. The van der Waals surface area contributed by atoms with Crippen molar-refractivity contribution < 1.29 is 8.78 Å². The third kappa shape index (κ3) is 3.61. The molecule has 0 aromatic heterocycles. The lowest BCUT2D eigenvalue weighted by atomic mass is 9.93. The predicted octanol–water partition coefficient (Wildman–Crippen LogP) is 3.76. The zero-order valence-electron chi connectivity index (χ0n) is 12.8. The SMILES string of the molecule is CCCN(CC(F)(F)c1ccccc1)C1(CN)CCCC1. The monoisotopic (exact) mass is 296 g/mol. The maximum Gasteiger partial charge on any atom is 0.285 e. The van der Waals surface area contributed by atoms with Gasteiger partial charge in [0.25, 0.3) is 5.92 Å². The Balaban J connectivity index is 2.19. The van der Waals surface area contributed by atoms with Crippen molar-refractivity contribution in [1.82, 2.24) is 4.90 Å². The van der Waals surface area contributed by atoms with E-state index in [-0.39, 0.29) is 17.6 Å². The first-order chi connectivity index (χ1) is 10.0. The van der Waals surface area contributed by atoms with Gasteiger partial charge in [-0.15, -0.1) is 0 Å². The van der Waals surface area contributed by atoms with Gasteiger partial charge >= 0.3 is 0 Å². The fourth-order valence-electron chi connectivity index (χ4n) is 3.45. The summed E-state index contributed by atoms with van der Waals surface area (Å²) in [6, 6.07) is 8.12. The number of nitrogens with zero attached hydrogens (tertiary/aromatic N) is 1. The Kier molecular flexibility index (Phi) is 5.33. The third-order valence-electron chi connectivity index (χ3n) is 4.66. The Bertz CT molecular complexity index is 428. The van der Waals surface area contributed by atoms with Crippen molar-refractivity contribution in [2.24, 2.45) is 5.73 Å². The van der Waals surface area contributed by atoms with Gasteiger partial charge in [0.05, 0.1) is 6.54 Å². The molecule has 0 bridgehead atoms. The molecule has 1 saturated carbocycles. The third-order valence-corrected chi connectivity index (χ3v) is 4.66. The topological polar surface area (TPSA) is 29.3 Å². The molecule has 118 valence electrons. The van der Waals surface area contributed by atoms with Gasteiger partial charge in [0.1, 0.15) is 0 Å². The summed E-state index contributed by atoms with van der Waals surface area (Å²) in [7, 11) is 0. The molecule has 21 heavy (non-hydrogen) atoms. The van der Waals surface area contributed by atoms with E-state index in [0.29, 0.717) is 13.1 Å². The zero-order valence-corrected chi connectivity index (χ0v) is 12.8. The molecule has 2 rings (SSSR count). The van der Waals surface area contributed by atoms with Crippen LogP contribution < -0.4 is 5.73 Å². The van der Waals surface area contributed by atoms with E-state index in [0.717, 1.165) is 32.1 Å². The molecule has 1 aromatic rings. The van der Waals surface area contributed by atoms with Crippen LogP contribution in [-0.4, -0.2) is 30.1 Å². The highest BCUT2D eigenvalue weighted by Gasteiger charge is 2.43. The van der Waals surface area contributed by atoms with Crippen LogP contribution in [0.15, 0.2) is 30.3 Å². The summed E-state index contributed by atoms with van der Waals surface area (Å²) in [4.78, 5) is 1.95. The summed E-state index contributed by atoms with van der Waals surface area (Å²) < 4.78 is 29.2. The Labute approximate surface area is 126 Å². The maximum atomic E-state index is 14.6. The van der Waals surface area contributed by atoms with Gasteiger partial charge in [-0.1, -0.05) is 50.1 Å². The molecular formula is C17H26F2N2. The lowest BCUT2D eigenvalue weighted by Crippen LogP contribution is -2.55. The Morgan fingerprint density at radius 2 is 1.81 bits per heavy atom. The summed E-state index contributed by atoms with van der Waals surface area (Å²) in [5.74, 6) is -2.83. The van der Waals surface area contributed by atoms with Gasteiger partial charge in [-0.25, -0.2) is 0 Å². The molecule has 0 heterocycles. The van der Waals surface area contributed by atoms with Gasteiger partial charge in [-0.2, -0.15) is 8.78 Å². The number of nitrogens with two attached hydrogens (primary N) is 1. The van der Waals surface area contributed by atoms with Gasteiger partial charge in [-0.05, 0) is 25.8 Å². The number of hydrogen-bond acceptors (Lipinski definition) is 2. The van der Waals surface area contributed by atoms with E-state index in [1.54, 1.807) is 18.2 Å². The average Bonchev–Trinajstić information content (AvgIpc) is 2.98. The van der Waals surface area contributed by atoms with Crippen LogP contribution in [0.3, 0.4) is 0 Å². The Morgan fingerprint density at radius 1 is 1.19 bits per heavy atom. The zero-order chi connectivity index (χ0) is 15.3. The Hall–Kier alpha value is -1.00.